The topological polar surface area (TPSA) is 52.3 Å². The van der Waals surface area contributed by atoms with Crippen molar-refractivity contribution in [3.8, 4) is 0 Å². The summed E-state index contributed by atoms with van der Waals surface area (Å²) in [5.41, 5.74) is 7.14. The maximum absolute atomic E-state index is 11.5. The zero-order valence-electron chi connectivity index (χ0n) is 12.1. The molecular formula is C15H23NO2S. The second-order valence-electron chi connectivity index (χ2n) is 5.37. The van der Waals surface area contributed by atoms with Crippen LogP contribution in [0.2, 0.25) is 0 Å². The molecule has 1 atom stereocenters. The molecule has 106 valence electrons. The maximum atomic E-state index is 11.5. The molecule has 0 aliphatic carbocycles. The molecule has 3 nitrogen and oxygen atoms in total. The summed E-state index contributed by atoms with van der Waals surface area (Å²) in [6.45, 7) is 8.67. The molecular weight excluding hydrogens is 258 g/mol. The summed E-state index contributed by atoms with van der Waals surface area (Å²) in [5.74, 6) is -0.245. The van der Waals surface area contributed by atoms with E-state index in [0.29, 0.717) is 6.61 Å². The Kier molecular flexibility index (Phi) is 5.88. The lowest BCUT2D eigenvalue weighted by Crippen LogP contribution is -2.18. The molecule has 1 aromatic carbocycles. The molecule has 0 saturated heterocycles. The van der Waals surface area contributed by atoms with Gasteiger partial charge in [-0.1, -0.05) is 39.0 Å². The lowest BCUT2D eigenvalue weighted by atomic mass is 10.1. The van der Waals surface area contributed by atoms with Crippen LogP contribution in [0, 0.1) is 0 Å². The SMILES string of the molecule is CCOC(=O)C[C@@H](N)c1ccccc1SC(C)(C)C. The first kappa shape index (κ1) is 16.1. The Bertz CT molecular complexity index is 426. The fourth-order valence-corrected chi connectivity index (χ4v) is 2.86. The van der Waals surface area contributed by atoms with Gasteiger partial charge in [-0.15, -0.1) is 11.8 Å². The van der Waals surface area contributed by atoms with Gasteiger partial charge >= 0.3 is 5.97 Å². The number of carbonyl (C=O) groups is 1. The van der Waals surface area contributed by atoms with E-state index in [9.17, 15) is 4.79 Å². The number of carbonyl (C=O) groups excluding carboxylic acids is 1. The standard InChI is InChI=1S/C15H23NO2S/c1-5-18-14(17)10-12(16)11-8-6-7-9-13(11)19-15(2,3)4/h6-9,12H,5,10,16H2,1-4H3/t12-/m1/s1. The number of hydrogen-bond donors (Lipinski definition) is 1. The summed E-state index contributed by atoms with van der Waals surface area (Å²) in [7, 11) is 0. The van der Waals surface area contributed by atoms with Crippen LogP contribution in [0.3, 0.4) is 0 Å². The second-order valence-corrected chi connectivity index (χ2v) is 7.24. The predicted octanol–water partition coefficient (Wildman–Crippen LogP) is 3.53. The van der Waals surface area contributed by atoms with Crippen molar-refractivity contribution in [2.75, 3.05) is 6.61 Å². The molecule has 0 spiro atoms. The van der Waals surface area contributed by atoms with Crippen LogP contribution in [0.15, 0.2) is 29.2 Å². The third kappa shape index (κ3) is 5.66. The van der Waals surface area contributed by atoms with Crippen molar-refractivity contribution in [3.05, 3.63) is 29.8 Å². The molecule has 1 rings (SSSR count). The van der Waals surface area contributed by atoms with Gasteiger partial charge in [0.25, 0.3) is 0 Å². The van der Waals surface area contributed by atoms with Crippen molar-refractivity contribution in [2.24, 2.45) is 5.73 Å². The Morgan fingerprint density at radius 3 is 2.58 bits per heavy atom. The number of thioether (sulfide) groups is 1. The first-order valence-corrected chi connectivity index (χ1v) is 7.34. The molecule has 2 N–H and O–H groups in total. The van der Waals surface area contributed by atoms with Crippen LogP contribution in [0.5, 0.6) is 0 Å². The minimum Gasteiger partial charge on any atom is -0.466 e. The Balaban J connectivity index is 2.84. The fraction of sp³-hybridized carbons (Fsp3) is 0.533. The van der Waals surface area contributed by atoms with Crippen molar-refractivity contribution in [1.82, 2.24) is 0 Å². The van der Waals surface area contributed by atoms with Gasteiger partial charge in [-0.05, 0) is 18.6 Å². The number of ether oxygens (including phenoxy) is 1. The minimum absolute atomic E-state index is 0.111. The molecule has 0 radical (unpaired) electrons. The molecule has 0 bridgehead atoms. The zero-order chi connectivity index (χ0) is 14.5. The lowest BCUT2D eigenvalue weighted by Gasteiger charge is -2.22. The molecule has 1 aromatic rings. The molecule has 0 aliphatic heterocycles. The highest BCUT2D eigenvalue weighted by molar-refractivity contribution is 8.00. The molecule has 0 saturated carbocycles. The van der Waals surface area contributed by atoms with E-state index in [2.05, 4.69) is 26.8 Å². The molecule has 0 heterocycles. The number of rotatable bonds is 5. The van der Waals surface area contributed by atoms with Gasteiger partial charge in [0.15, 0.2) is 0 Å². The lowest BCUT2D eigenvalue weighted by molar-refractivity contribution is -0.143. The molecule has 0 unspecified atom stereocenters. The summed E-state index contributed by atoms with van der Waals surface area (Å²) in [4.78, 5) is 12.6. The third-order valence-corrected chi connectivity index (χ3v) is 3.63. The summed E-state index contributed by atoms with van der Waals surface area (Å²) < 4.78 is 5.06. The van der Waals surface area contributed by atoms with Crippen molar-refractivity contribution >= 4 is 17.7 Å². The molecule has 0 amide bonds. The summed E-state index contributed by atoms with van der Waals surface area (Å²) in [5, 5.41) is 0. The number of nitrogens with two attached hydrogens (primary N) is 1. The largest absolute Gasteiger partial charge is 0.466 e. The highest BCUT2D eigenvalue weighted by atomic mass is 32.2. The van der Waals surface area contributed by atoms with Crippen LogP contribution in [0.25, 0.3) is 0 Å². The smallest absolute Gasteiger partial charge is 0.307 e. The van der Waals surface area contributed by atoms with Crippen molar-refractivity contribution in [3.63, 3.8) is 0 Å². The van der Waals surface area contributed by atoms with Crippen LogP contribution in [0.1, 0.15) is 45.7 Å². The van der Waals surface area contributed by atoms with E-state index >= 15 is 0 Å². The normalized spacial score (nSPS) is 13.1. The maximum Gasteiger partial charge on any atom is 0.307 e. The monoisotopic (exact) mass is 281 g/mol. The first-order valence-electron chi connectivity index (χ1n) is 6.52. The van der Waals surface area contributed by atoms with Gasteiger partial charge in [-0.3, -0.25) is 4.79 Å². The zero-order valence-corrected chi connectivity index (χ0v) is 12.9. The predicted molar refractivity (Wildman–Crippen MR) is 80.2 cm³/mol. The Morgan fingerprint density at radius 1 is 1.37 bits per heavy atom. The van der Waals surface area contributed by atoms with Gasteiger partial charge in [-0.2, -0.15) is 0 Å². The highest BCUT2D eigenvalue weighted by Crippen LogP contribution is 2.36. The Labute approximate surface area is 119 Å². The second kappa shape index (κ2) is 6.96. The summed E-state index contributed by atoms with van der Waals surface area (Å²) in [6.07, 6.45) is 0.218. The van der Waals surface area contributed by atoms with Gasteiger partial charge in [0.05, 0.1) is 13.0 Å². The van der Waals surface area contributed by atoms with Crippen LogP contribution < -0.4 is 5.73 Å². The molecule has 0 aliphatic rings. The van der Waals surface area contributed by atoms with Gasteiger partial charge in [0.2, 0.25) is 0 Å². The number of benzene rings is 1. The number of esters is 1. The van der Waals surface area contributed by atoms with Crippen molar-refractivity contribution in [1.29, 1.82) is 0 Å². The fourth-order valence-electron chi connectivity index (χ4n) is 1.72. The van der Waals surface area contributed by atoms with E-state index in [1.165, 1.54) is 0 Å². The Morgan fingerprint density at radius 2 is 2.00 bits per heavy atom. The summed E-state index contributed by atoms with van der Waals surface area (Å²) >= 11 is 1.76. The number of hydrogen-bond acceptors (Lipinski definition) is 4. The van der Waals surface area contributed by atoms with Gasteiger partial charge in [-0.25, -0.2) is 0 Å². The van der Waals surface area contributed by atoms with E-state index in [1.807, 2.05) is 18.2 Å². The quantitative estimate of drug-likeness (QED) is 0.662. The van der Waals surface area contributed by atoms with Crippen LogP contribution >= 0.6 is 11.8 Å². The average molecular weight is 281 g/mol. The van der Waals surface area contributed by atoms with Gasteiger partial charge in [0, 0.05) is 15.7 Å². The molecule has 0 aromatic heterocycles. The molecule has 4 heteroatoms. The Hall–Kier alpha value is -1.00. The molecule has 0 fully saturated rings. The molecule has 19 heavy (non-hydrogen) atoms. The minimum atomic E-state index is -0.315. The van der Waals surface area contributed by atoms with Crippen LogP contribution in [-0.4, -0.2) is 17.3 Å². The average Bonchev–Trinajstić information content (AvgIpc) is 2.27. The highest BCUT2D eigenvalue weighted by Gasteiger charge is 2.19. The van der Waals surface area contributed by atoms with Crippen molar-refractivity contribution < 1.29 is 9.53 Å². The van der Waals surface area contributed by atoms with E-state index in [4.69, 9.17) is 10.5 Å². The first-order chi connectivity index (χ1) is 8.83. The van der Waals surface area contributed by atoms with Gasteiger partial charge in [0.1, 0.15) is 0 Å². The van der Waals surface area contributed by atoms with E-state index in [0.717, 1.165) is 10.5 Å². The third-order valence-electron chi connectivity index (χ3n) is 2.43. The van der Waals surface area contributed by atoms with Crippen molar-refractivity contribution in [2.45, 2.75) is 49.8 Å². The van der Waals surface area contributed by atoms with Gasteiger partial charge < -0.3 is 10.5 Å². The van der Waals surface area contributed by atoms with Crippen LogP contribution in [-0.2, 0) is 9.53 Å². The van der Waals surface area contributed by atoms with Crippen LogP contribution in [0.4, 0.5) is 0 Å². The summed E-state index contributed by atoms with van der Waals surface area (Å²) in [6, 6.07) is 7.67. The van der Waals surface area contributed by atoms with E-state index in [1.54, 1.807) is 18.7 Å². The van der Waals surface area contributed by atoms with E-state index in [-0.39, 0.29) is 23.2 Å². The van der Waals surface area contributed by atoms with E-state index < -0.39 is 0 Å².